The molecule has 88 valence electrons. The summed E-state index contributed by atoms with van der Waals surface area (Å²) in [5, 5.41) is 8.91. The molecule has 0 heterocycles. The topological polar surface area (TPSA) is 46.2 Å². The summed E-state index contributed by atoms with van der Waals surface area (Å²) < 4.78 is 0. The molecule has 0 atom stereocenters. The van der Waals surface area contributed by atoms with Crippen molar-refractivity contribution in [3.8, 4) is 0 Å². The molecule has 1 rings (SSSR count). The highest BCUT2D eigenvalue weighted by Crippen LogP contribution is 2.08. The van der Waals surface area contributed by atoms with E-state index in [2.05, 4.69) is 13.2 Å². The van der Waals surface area contributed by atoms with Gasteiger partial charge in [0.2, 0.25) is 0 Å². The molecular weight excluding hydrogens is 210 g/mol. The fraction of sp³-hybridized carbons (Fsp3) is 0.0667. The van der Waals surface area contributed by atoms with E-state index < -0.39 is 0 Å². The van der Waals surface area contributed by atoms with Gasteiger partial charge in [-0.2, -0.15) is 0 Å². The minimum Gasteiger partial charge on any atom is -0.399 e. The Morgan fingerprint density at radius 1 is 1.12 bits per heavy atom. The first-order valence-corrected chi connectivity index (χ1v) is 5.31. The van der Waals surface area contributed by atoms with Crippen molar-refractivity contribution in [3.63, 3.8) is 0 Å². The highest BCUT2D eigenvalue weighted by Gasteiger charge is 1.89. The van der Waals surface area contributed by atoms with E-state index in [0.29, 0.717) is 5.70 Å². The summed E-state index contributed by atoms with van der Waals surface area (Å²) in [6.45, 7) is 7.50. The molecule has 0 radical (unpaired) electrons. The molecule has 0 aliphatic heterocycles. The van der Waals surface area contributed by atoms with E-state index in [9.17, 15) is 0 Å². The van der Waals surface area contributed by atoms with E-state index in [1.54, 1.807) is 12.2 Å². The minimum atomic E-state index is 0.0675. The summed E-state index contributed by atoms with van der Waals surface area (Å²) in [5.74, 6) is 0. The van der Waals surface area contributed by atoms with Crippen molar-refractivity contribution in [1.82, 2.24) is 0 Å². The maximum absolute atomic E-state index is 8.91. The van der Waals surface area contributed by atoms with Gasteiger partial charge in [0.25, 0.3) is 0 Å². The van der Waals surface area contributed by atoms with E-state index in [1.165, 1.54) is 0 Å². The average molecular weight is 227 g/mol. The quantitative estimate of drug-likeness (QED) is 0.760. The summed E-state index contributed by atoms with van der Waals surface area (Å²) in [7, 11) is 0. The van der Waals surface area contributed by atoms with Crippen LogP contribution in [0.2, 0.25) is 0 Å². The van der Waals surface area contributed by atoms with Gasteiger partial charge in [0, 0.05) is 5.70 Å². The number of hydrogen-bond acceptors (Lipinski definition) is 2. The van der Waals surface area contributed by atoms with Gasteiger partial charge in [0.05, 0.1) is 6.61 Å². The molecule has 17 heavy (non-hydrogen) atoms. The molecule has 2 heteroatoms. The summed E-state index contributed by atoms with van der Waals surface area (Å²) >= 11 is 0. The van der Waals surface area contributed by atoms with Crippen molar-refractivity contribution in [2.75, 3.05) is 0 Å². The number of aliphatic hydroxyl groups is 1. The lowest BCUT2D eigenvalue weighted by molar-refractivity contribution is 0.282. The summed E-state index contributed by atoms with van der Waals surface area (Å²) in [6, 6.07) is 7.67. The van der Waals surface area contributed by atoms with Crippen molar-refractivity contribution in [3.05, 3.63) is 78.0 Å². The zero-order chi connectivity index (χ0) is 12.7. The molecule has 3 N–H and O–H groups in total. The van der Waals surface area contributed by atoms with E-state index in [0.717, 1.165) is 16.7 Å². The Morgan fingerprint density at radius 2 is 1.76 bits per heavy atom. The average Bonchev–Trinajstić information content (AvgIpc) is 2.34. The van der Waals surface area contributed by atoms with E-state index in [4.69, 9.17) is 10.8 Å². The zero-order valence-corrected chi connectivity index (χ0v) is 9.76. The van der Waals surface area contributed by atoms with Crippen LogP contribution >= 0.6 is 0 Å². The van der Waals surface area contributed by atoms with Crippen LogP contribution in [0.3, 0.4) is 0 Å². The molecule has 0 aromatic heterocycles. The second kappa shape index (κ2) is 6.51. The Kier molecular flexibility index (Phi) is 4.98. The van der Waals surface area contributed by atoms with Crippen LogP contribution in [0.25, 0.3) is 6.08 Å². The van der Waals surface area contributed by atoms with E-state index >= 15 is 0 Å². The van der Waals surface area contributed by atoms with Crippen LogP contribution in [0.15, 0.2) is 66.9 Å². The van der Waals surface area contributed by atoms with Crippen LogP contribution in [-0.4, -0.2) is 5.11 Å². The van der Waals surface area contributed by atoms with E-state index in [-0.39, 0.29) is 6.61 Å². The Hall–Kier alpha value is -2.06. The lowest BCUT2D eigenvalue weighted by atomic mass is 10.1. The first-order valence-electron chi connectivity index (χ1n) is 5.31. The lowest BCUT2D eigenvalue weighted by Gasteiger charge is -1.97. The van der Waals surface area contributed by atoms with Gasteiger partial charge in [-0.05, 0) is 22.8 Å². The molecule has 0 bridgehead atoms. The number of nitrogens with two attached hydrogens (primary N) is 1. The first-order chi connectivity index (χ1) is 8.11. The minimum absolute atomic E-state index is 0.0675. The predicted molar refractivity (Wildman–Crippen MR) is 73.0 cm³/mol. The first kappa shape index (κ1) is 13.0. The molecule has 0 unspecified atom stereocenters. The summed E-state index contributed by atoms with van der Waals surface area (Å²) in [6.07, 6.45) is 7.36. The van der Waals surface area contributed by atoms with Crippen molar-refractivity contribution in [2.45, 2.75) is 6.61 Å². The second-order valence-corrected chi connectivity index (χ2v) is 3.72. The second-order valence-electron chi connectivity index (χ2n) is 3.72. The molecule has 0 amide bonds. The summed E-state index contributed by atoms with van der Waals surface area (Å²) in [5.41, 5.74) is 8.73. The smallest absolute Gasteiger partial charge is 0.0681 e. The number of rotatable bonds is 5. The normalized spacial score (nSPS) is 11.1. The van der Waals surface area contributed by atoms with Crippen LogP contribution < -0.4 is 5.73 Å². The Balaban J connectivity index is 2.63. The largest absolute Gasteiger partial charge is 0.399 e. The van der Waals surface area contributed by atoms with Gasteiger partial charge in [0.1, 0.15) is 0 Å². The molecule has 0 aliphatic rings. The molecule has 1 aromatic carbocycles. The Labute approximate surface area is 102 Å². The highest BCUT2D eigenvalue weighted by molar-refractivity contribution is 5.54. The molecule has 1 aromatic rings. The van der Waals surface area contributed by atoms with Crippen LogP contribution in [0.5, 0.6) is 0 Å². The standard InChI is InChI=1S/C15H17NO/c1-12(3-5-13(2)16)4-6-14-7-9-15(11-17)10-8-14/h3-10,17H,1-2,11,16H2/b5-3-,6-4+. The molecule has 0 saturated carbocycles. The maximum Gasteiger partial charge on any atom is 0.0681 e. The predicted octanol–water partition coefficient (Wildman–Crippen LogP) is 2.78. The van der Waals surface area contributed by atoms with Gasteiger partial charge in [-0.15, -0.1) is 0 Å². The highest BCUT2D eigenvalue weighted by atomic mass is 16.3. The van der Waals surface area contributed by atoms with Gasteiger partial charge in [-0.1, -0.05) is 55.7 Å². The Morgan fingerprint density at radius 3 is 2.29 bits per heavy atom. The number of hydrogen-bond donors (Lipinski definition) is 2. The third-order valence-electron chi connectivity index (χ3n) is 2.16. The van der Waals surface area contributed by atoms with Gasteiger partial charge < -0.3 is 10.8 Å². The van der Waals surface area contributed by atoms with Crippen molar-refractivity contribution < 1.29 is 5.11 Å². The summed E-state index contributed by atoms with van der Waals surface area (Å²) in [4.78, 5) is 0. The number of allylic oxidation sites excluding steroid dienone is 4. The van der Waals surface area contributed by atoms with Gasteiger partial charge in [-0.3, -0.25) is 0 Å². The fourth-order valence-electron chi connectivity index (χ4n) is 1.21. The monoisotopic (exact) mass is 227 g/mol. The molecule has 0 fully saturated rings. The molecule has 0 saturated heterocycles. The maximum atomic E-state index is 8.91. The van der Waals surface area contributed by atoms with Gasteiger partial charge in [0.15, 0.2) is 0 Å². The third kappa shape index (κ3) is 5.00. The van der Waals surface area contributed by atoms with Crippen LogP contribution in [0, 0.1) is 0 Å². The fourth-order valence-corrected chi connectivity index (χ4v) is 1.21. The molecular formula is C15H17NO. The van der Waals surface area contributed by atoms with Gasteiger partial charge in [-0.25, -0.2) is 0 Å². The number of aliphatic hydroxyl groups excluding tert-OH is 1. The Bertz CT molecular complexity index is 452. The lowest BCUT2D eigenvalue weighted by Crippen LogP contribution is -1.88. The van der Waals surface area contributed by atoms with Crippen molar-refractivity contribution in [2.24, 2.45) is 5.73 Å². The van der Waals surface area contributed by atoms with Crippen molar-refractivity contribution in [1.29, 1.82) is 0 Å². The SMILES string of the molecule is C=C(N)/C=C\C(=C)/C=C/c1ccc(CO)cc1. The van der Waals surface area contributed by atoms with Gasteiger partial charge >= 0.3 is 0 Å². The van der Waals surface area contributed by atoms with Crippen LogP contribution in [0.4, 0.5) is 0 Å². The van der Waals surface area contributed by atoms with Crippen LogP contribution in [-0.2, 0) is 6.61 Å². The molecule has 2 nitrogen and oxygen atoms in total. The molecule has 0 spiro atoms. The van der Waals surface area contributed by atoms with Crippen LogP contribution in [0.1, 0.15) is 11.1 Å². The van der Waals surface area contributed by atoms with Crippen molar-refractivity contribution >= 4 is 6.08 Å². The number of benzene rings is 1. The molecule has 0 aliphatic carbocycles. The third-order valence-corrected chi connectivity index (χ3v) is 2.16. The zero-order valence-electron chi connectivity index (χ0n) is 9.76. The van der Waals surface area contributed by atoms with E-state index in [1.807, 2.05) is 36.4 Å².